The van der Waals surface area contributed by atoms with E-state index in [0.717, 1.165) is 11.1 Å². The van der Waals surface area contributed by atoms with Crippen LogP contribution in [0.4, 0.5) is 5.69 Å². The second kappa shape index (κ2) is 5.04. The van der Waals surface area contributed by atoms with Crippen molar-refractivity contribution in [2.45, 2.75) is 45.7 Å². The highest BCUT2D eigenvalue weighted by atomic mass is 16.2. The Balaban J connectivity index is 1.97. The van der Waals surface area contributed by atoms with Crippen molar-refractivity contribution in [2.24, 2.45) is 0 Å². The van der Waals surface area contributed by atoms with Gasteiger partial charge in [-0.1, -0.05) is 18.2 Å². The first-order valence-electron chi connectivity index (χ1n) is 8.96. The van der Waals surface area contributed by atoms with Crippen LogP contribution in [0, 0.1) is 6.92 Å². The number of para-hydroxylation sites is 1. The van der Waals surface area contributed by atoms with Gasteiger partial charge in [0.1, 0.15) is 0 Å². The van der Waals surface area contributed by atoms with Gasteiger partial charge < -0.3 is 0 Å². The topological polar surface area (TPSA) is 40.6 Å². The molecule has 0 unspecified atom stereocenters. The number of hydrogen-bond donors (Lipinski definition) is 0. The van der Waals surface area contributed by atoms with Crippen LogP contribution in [0.25, 0.3) is 0 Å². The molecule has 4 rings (SSSR count). The summed E-state index contributed by atoms with van der Waals surface area (Å²) in [5.74, 6) is -0.454. The average molecular weight is 348 g/mol. The maximum Gasteiger partial charge on any atom is 0.266 e. The minimum absolute atomic E-state index is 0.206. The van der Waals surface area contributed by atoms with E-state index in [0.29, 0.717) is 16.8 Å². The molecule has 0 radical (unpaired) electrons. The van der Waals surface area contributed by atoms with Crippen LogP contribution in [0.1, 0.15) is 65.1 Å². The van der Waals surface area contributed by atoms with Gasteiger partial charge in [-0.2, -0.15) is 0 Å². The van der Waals surface area contributed by atoms with E-state index in [9.17, 15) is 9.59 Å². The number of nitrogens with zero attached hydrogens (tertiary/aromatic N) is 2. The second-order valence-electron chi connectivity index (χ2n) is 8.31. The first-order chi connectivity index (χ1) is 12.1. The van der Waals surface area contributed by atoms with Crippen molar-refractivity contribution in [3.8, 4) is 0 Å². The van der Waals surface area contributed by atoms with Crippen LogP contribution in [0.5, 0.6) is 0 Å². The minimum Gasteiger partial charge on any atom is -0.288 e. The molecule has 2 heterocycles. The third-order valence-electron chi connectivity index (χ3n) is 6.39. The molecule has 0 aliphatic carbocycles. The highest BCUT2D eigenvalue weighted by Crippen LogP contribution is 2.51. The molecule has 0 bridgehead atoms. The highest BCUT2D eigenvalue weighted by Gasteiger charge is 2.51. The number of imide groups is 1. The molecule has 2 amide bonds. The van der Waals surface area contributed by atoms with E-state index in [1.54, 1.807) is 12.1 Å². The van der Waals surface area contributed by atoms with Crippen LogP contribution >= 0.6 is 0 Å². The fourth-order valence-electron chi connectivity index (χ4n) is 4.72. The normalized spacial score (nSPS) is 20.5. The highest BCUT2D eigenvalue weighted by molar-refractivity contribution is 6.35. The van der Waals surface area contributed by atoms with Gasteiger partial charge in [-0.05, 0) is 76.6 Å². The molecule has 0 saturated heterocycles. The van der Waals surface area contributed by atoms with Crippen molar-refractivity contribution >= 4 is 17.5 Å². The molecule has 0 atom stereocenters. The summed E-state index contributed by atoms with van der Waals surface area (Å²) in [6.07, 6.45) is 0. The zero-order chi connectivity index (χ0) is 19.0. The Kier molecular flexibility index (Phi) is 3.29. The van der Waals surface area contributed by atoms with E-state index in [2.05, 4.69) is 39.6 Å². The molecule has 2 aromatic carbocycles. The van der Waals surface area contributed by atoms with E-state index >= 15 is 0 Å². The summed E-state index contributed by atoms with van der Waals surface area (Å²) in [5.41, 5.74) is 4.51. The van der Waals surface area contributed by atoms with E-state index in [1.807, 2.05) is 31.2 Å². The monoisotopic (exact) mass is 348 g/mol. The van der Waals surface area contributed by atoms with Gasteiger partial charge in [0.25, 0.3) is 11.8 Å². The van der Waals surface area contributed by atoms with Gasteiger partial charge in [-0.3, -0.25) is 14.5 Å². The Morgan fingerprint density at radius 1 is 0.885 bits per heavy atom. The third kappa shape index (κ3) is 1.88. The Morgan fingerprint density at radius 3 is 2.12 bits per heavy atom. The first-order valence-corrected chi connectivity index (χ1v) is 8.96. The Labute approximate surface area is 154 Å². The van der Waals surface area contributed by atoms with Gasteiger partial charge in [0.2, 0.25) is 0 Å². The van der Waals surface area contributed by atoms with E-state index in [-0.39, 0.29) is 22.9 Å². The third-order valence-corrected chi connectivity index (χ3v) is 6.39. The Hall–Kier alpha value is -2.46. The van der Waals surface area contributed by atoms with Gasteiger partial charge in [-0.15, -0.1) is 0 Å². The quantitative estimate of drug-likeness (QED) is 0.725. The van der Waals surface area contributed by atoms with Crippen LogP contribution in [0.2, 0.25) is 0 Å². The second-order valence-corrected chi connectivity index (χ2v) is 8.31. The molecule has 2 aromatic rings. The molecule has 0 N–H and O–H groups in total. The smallest absolute Gasteiger partial charge is 0.266 e. The molecule has 0 saturated carbocycles. The first kappa shape index (κ1) is 17.0. The molecular weight excluding hydrogens is 324 g/mol. The lowest BCUT2D eigenvalue weighted by atomic mass is 9.83. The number of anilines is 1. The van der Waals surface area contributed by atoms with Crippen LogP contribution in [0.3, 0.4) is 0 Å². The summed E-state index contributed by atoms with van der Waals surface area (Å²) in [5, 5.41) is 0. The standard InChI is InChI=1S/C22H24N2O2/c1-13-17-15(12-16-18(13)22(4,5)23(6)21(16,2)3)19(25)24(20(17)26)14-10-8-7-9-11-14/h7-12H,1-6H3. The number of rotatable bonds is 1. The molecule has 0 spiro atoms. The molecule has 2 aliphatic heterocycles. The number of benzene rings is 2. The van der Waals surface area contributed by atoms with Crippen LogP contribution in [0.15, 0.2) is 36.4 Å². The van der Waals surface area contributed by atoms with Crippen LogP contribution in [-0.2, 0) is 11.1 Å². The van der Waals surface area contributed by atoms with Gasteiger partial charge in [0.15, 0.2) is 0 Å². The lowest BCUT2D eigenvalue weighted by molar-refractivity contribution is 0.0727. The number of hydrogen-bond acceptors (Lipinski definition) is 3. The number of carbonyl (C=O) groups excluding carboxylic acids is 2. The van der Waals surface area contributed by atoms with Crippen LogP contribution in [-0.4, -0.2) is 23.8 Å². The fraction of sp³-hybridized carbons (Fsp3) is 0.364. The number of amides is 2. The van der Waals surface area contributed by atoms with E-state index in [4.69, 9.17) is 0 Å². The van der Waals surface area contributed by atoms with E-state index in [1.165, 1.54) is 10.5 Å². The predicted molar refractivity (Wildman–Crippen MR) is 103 cm³/mol. The predicted octanol–water partition coefficient (Wildman–Crippen LogP) is 4.21. The van der Waals surface area contributed by atoms with Crippen molar-refractivity contribution in [1.29, 1.82) is 0 Å². The number of fused-ring (bicyclic) bond motifs is 2. The minimum atomic E-state index is -0.231. The lowest BCUT2D eigenvalue weighted by Gasteiger charge is -2.37. The van der Waals surface area contributed by atoms with E-state index < -0.39 is 0 Å². The fourth-order valence-corrected chi connectivity index (χ4v) is 4.72. The SMILES string of the molecule is Cc1c2c(cc3c1C(C)(C)N(C)C3(C)C)C(=O)N(c1ccccc1)C2=O. The largest absolute Gasteiger partial charge is 0.288 e. The molecule has 4 nitrogen and oxygen atoms in total. The summed E-state index contributed by atoms with van der Waals surface area (Å²) in [4.78, 5) is 29.9. The zero-order valence-electron chi connectivity index (χ0n) is 16.2. The van der Waals surface area contributed by atoms with Crippen molar-refractivity contribution in [3.05, 3.63) is 64.2 Å². The summed E-state index contributed by atoms with van der Waals surface area (Å²) >= 11 is 0. The lowest BCUT2D eigenvalue weighted by Crippen LogP contribution is -2.42. The van der Waals surface area contributed by atoms with Gasteiger partial charge in [0, 0.05) is 11.1 Å². The van der Waals surface area contributed by atoms with Crippen molar-refractivity contribution in [1.82, 2.24) is 4.90 Å². The van der Waals surface area contributed by atoms with Gasteiger partial charge in [0.05, 0.1) is 16.8 Å². The van der Waals surface area contributed by atoms with Gasteiger partial charge in [-0.25, -0.2) is 4.90 Å². The Morgan fingerprint density at radius 2 is 1.50 bits per heavy atom. The number of carbonyl (C=O) groups is 2. The maximum absolute atomic E-state index is 13.2. The molecule has 2 aliphatic rings. The molecule has 0 aromatic heterocycles. The molecule has 26 heavy (non-hydrogen) atoms. The summed E-state index contributed by atoms with van der Waals surface area (Å²) < 4.78 is 0. The summed E-state index contributed by atoms with van der Waals surface area (Å²) in [6, 6.07) is 11.1. The molecule has 134 valence electrons. The summed E-state index contributed by atoms with van der Waals surface area (Å²) in [6.45, 7) is 10.7. The molecule has 4 heteroatoms. The average Bonchev–Trinajstić information content (AvgIpc) is 2.92. The molecular formula is C22H24N2O2. The maximum atomic E-state index is 13.2. The Bertz CT molecular complexity index is 958. The van der Waals surface area contributed by atoms with Crippen molar-refractivity contribution in [2.75, 3.05) is 11.9 Å². The van der Waals surface area contributed by atoms with Crippen LogP contribution < -0.4 is 4.90 Å². The van der Waals surface area contributed by atoms with Crippen molar-refractivity contribution in [3.63, 3.8) is 0 Å². The van der Waals surface area contributed by atoms with Gasteiger partial charge >= 0.3 is 0 Å². The summed E-state index contributed by atoms with van der Waals surface area (Å²) in [7, 11) is 2.10. The molecule has 0 fully saturated rings. The van der Waals surface area contributed by atoms with Crippen molar-refractivity contribution < 1.29 is 9.59 Å². The zero-order valence-corrected chi connectivity index (χ0v) is 16.2.